The van der Waals surface area contributed by atoms with Crippen LogP contribution in [0.2, 0.25) is 0 Å². The molecule has 0 radical (unpaired) electrons. The first kappa shape index (κ1) is 20.3. The molecular weight excluding hydrogens is 363 g/mol. The minimum Gasteiger partial charge on any atom is -0.481 e. The lowest BCUT2D eigenvalue weighted by Gasteiger charge is -2.14. The minimum atomic E-state index is -4.78. The molecular formula is C18H18F3N3O3. The van der Waals surface area contributed by atoms with Gasteiger partial charge in [0.1, 0.15) is 5.69 Å². The number of rotatable bonds is 6. The van der Waals surface area contributed by atoms with Crippen molar-refractivity contribution in [3.8, 4) is 0 Å². The molecule has 144 valence electrons. The number of hydrogen-bond acceptors (Lipinski definition) is 4. The van der Waals surface area contributed by atoms with Gasteiger partial charge in [-0.1, -0.05) is 29.8 Å². The van der Waals surface area contributed by atoms with Gasteiger partial charge in [-0.05, 0) is 31.9 Å². The monoisotopic (exact) mass is 381 g/mol. The fourth-order valence-corrected chi connectivity index (χ4v) is 2.49. The highest BCUT2D eigenvalue weighted by Crippen LogP contribution is 2.26. The molecule has 0 spiro atoms. The van der Waals surface area contributed by atoms with E-state index in [1.165, 1.54) is 6.92 Å². The lowest BCUT2D eigenvalue weighted by Crippen LogP contribution is -2.35. The molecule has 2 N–H and O–H groups in total. The summed E-state index contributed by atoms with van der Waals surface area (Å²) in [5.74, 6) is -4.35. The van der Waals surface area contributed by atoms with E-state index in [1.54, 1.807) is 12.1 Å². The molecule has 0 fully saturated rings. The van der Waals surface area contributed by atoms with Gasteiger partial charge in [0.25, 0.3) is 5.91 Å². The van der Waals surface area contributed by atoms with E-state index in [0.29, 0.717) is 0 Å². The molecule has 2 aromatic rings. The van der Waals surface area contributed by atoms with E-state index in [4.69, 9.17) is 0 Å². The number of nitrogens with one attached hydrogen (secondary N) is 1. The average molecular weight is 381 g/mol. The molecule has 27 heavy (non-hydrogen) atoms. The number of nitrogens with zero attached hydrogens (tertiary/aromatic N) is 2. The Morgan fingerprint density at radius 1 is 1.19 bits per heavy atom. The Balaban J connectivity index is 2.10. The maximum Gasteiger partial charge on any atom is 0.451 e. The van der Waals surface area contributed by atoms with Gasteiger partial charge >= 0.3 is 12.1 Å². The number of carboxylic acid groups (broad SMARTS) is 1. The number of benzene rings is 1. The summed E-state index contributed by atoms with van der Waals surface area (Å²) >= 11 is 0. The van der Waals surface area contributed by atoms with Gasteiger partial charge < -0.3 is 10.4 Å². The van der Waals surface area contributed by atoms with Gasteiger partial charge in [-0.15, -0.1) is 0 Å². The van der Waals surface area contributed by atoms with Crippen LogP contribution in [0.5, 0.6) is 0 Å². The molecule has 0 aliphatic carbocycles. The smallest absolute Gasteiger partial charge is 0.451 e. The number of carboxylic acids is 1. The van der Waals surface area contributed by atoms with E-state index in [-0.39, 0.29) is 18.7 Å². The second kappa shape index (κ2) is 8.15. The Labute approximate surface area is 153 Å². The van der Waals surface area contributed by atoms with Gasteiger partial charge in [0.2, 0.25) is 5.82 Å². The number of halogens is 3. The number of amides is 1. The molecule has 9 heteroatoms. The summed E-state index contributed by atoms with van der Waals surface area (Å²) in [5.41, 5.74) is 1.28. The third-order valence-electron chi connectivity index (χ3n) is 3.76. The second-order valence-corrected chi connectivity index (χ2v) is 6.15. The van der Waals surface area contributed by atoms with Crippen LogP contribution >= 0.6 is 0 Å². The van der Waals surface area contributed by atoms with Crippen molar-refractivity contribution in [2.45, 2.75) is 26.4 Å². The topological polar surface area (TPSA) is 92.2 Å². The highest BCUT2D eigenvalue weighted by atomic mass is 19.4. The summed E-state index contributed by atoms with van der Waals surface area (Å²) < 4.78 is 38.3. The predicted octanol–water partition coefficient (Wildman–Crippen LogP) is 2.79. The SMILES string of the molecule is Cc1cccc(CC(CNC(=O)c2cc(C)nc(C(F)(F)F)n2)C(=O)O)c1. The Hall–Kier alpha value is -2.97. The number of hydrogen-bond donors (Lipinski definition) is 2. The highest BCUT2D eigenvalue weighted by Gasteiger charge is 2.35. The molecule has 1 unspecified atom stereocenters. The minimum absolute atomic E-state index is 0.0166. The van der Waals surface area contributed by atoms with Gasteiger partial charge in [0, 0.05) is 12.2 Å². The van der Waals surface area contributed by atoms with Crippen LogP contribution in [0.4, 0.5) is 13.2 Å². The Morgan fingerprint density at radius 3 is 2.48 bits per heavy atom. The Bertz CT molecular complexity index is 853. The van der Waals surface area contributed by atoms with Crippen molar-refractivity contribution in [2.75, 3.05) is 6.54 Å². The highest BCUT2D eigenvalue weighted by molar-refractivity contribution is 5.92. The molecule has 1 amide bonds. The van der Waals surface area contributed by atoms with E-state index < -0.39 is 35.5 Å². The molecule has 2 rings (SSSR count). The summed E-state index contributed by atoms with van der Waals surface area (Å²) in [6.45, 7) is 2.94. The van der Waals surface area contributed by atoms with Gasteiger partial charge in [-0.25, -0.2) is 9.97 Å². The first-order chi connectivity index (χ1) is 12.6. The van der Waals surface area contributed by atoms with Crippen molar-refractivity contribution in [3.05, 3.63) is 58.7 Å². The van der Waals surface area contributed by atoms with Crippen molar-refractivity contribution in [2.24, 2.45) is 5.92 Å². The third-order valence-corrected chi connectivity index (χ3v) is 3.76. The number of aromatic nitrogens is 2. The summed E-state index contributed by atoms with van der Waals surface area (Å²) in [4.78, 5) is 30.1. The number of aryl methyl sites for hydroxylation is 2. The molecule has 1 aromatic heterocycles. The molecule has 0 aliphatic heterocycles. The lowest BCUT2D eigenvalue weighted by atomic mass is 9.98. The van der Waals surface area contributed by atoms with Crippen LogP contribution in [0, 0.1) is 19.8 Å². The van der Waals surface area contributed by atoms with Crippen molar-refractivity contribution < 1.29 is 27.9 Å². The zero-order valence-corrected chi connectivity index (χ0v) is 14.7. The van der Waals surface area contributed by atoms with Gasteiger partial charge in [-0.2, -0.15) is 13.2 Å². The van der Waals surface area contributed by atoms with Crippen molar-refractivity contribution >= 4 is 11.9 Å². The predicted molar refractivity (Wildman–Crippen MR) is 90.1 cm³/mol. The molecule has 0 bridgehead atoms. The quantitative estimate of drug-likeness (QED) is 0.803. The van der Waals surface area contributed by atoms with Gasteiger partial charge in [0.15, 0.2) is 0 Å². The number of aliphatic carboxylic acids is 1. The fraction of sp³-hybridized carbons (Fsp3) is 0.333. The summed E-state index contributed by atoms with van der Waals surface area (Å²) in [6.07, 6.45) is -4.61. The van der Waals surface area contributed by atoms with Gasteiger partial charge in [0.05, 0.1) is 5.92 Å². The lowest BCUT2D eigenvalue weighted by molar-refractivity contribution is -0.145. The molecule has 0 saturated carbocycles. The number of carbonyl (C=O) groups excluding carboxylic acids is 1. The molecule has 1 heterocycles. The van der Waals surface area contributed by atoms with Crippen LogP contribution in [0.1, 0.15) is 33.1 Å². The summed E-state index contributed by atoms with van der Waals surface area (Å²) in [7, 11) is 0. The molecule has 1 aromatic carbocycles. The summed E-state index contributed by atoms with van der Waals surface area (Å²) in [5, 5.41) is 11.7. The second-order valence-electron chi connectivity index (χ2n) is 6.15. The molecule has 1 atom stereocenters. The van der Waals surface area contributed by atoms with Crippen LogP contribution in [0.15, 0.2) is 30.3 Å². The van der Waals surface area contributed by atoms with E-state index >= 15 is 0 Å². The van der Waals surface area contributed by atoms with E-state index in [0.717, 1.165) is 17.2 Å². The molecule has 6 nitrogen and oxygen atoms in total. The first-order valence-electron chi connectivity index (χ1n) is 8.05. The van der Waals surface area contributed by atoms with Crippen molar-refractivity contribution in [3.63, 3.8) is 0 Å². The van der Waals surface area contributed by atoms with Crippen LogP contribution in [0.3, 0.4) is 0 Å². The van der Waals surface area contributed by atoms with E-state index in [9.17, 15) is 27.9 Å². The maximum absolute atomic E-state index is 12.8. The van der Waals surface area contributed by atoms with Crippen LogP contribution in [-0.2, 0) is 17.4 Å². The standard InChI is InChI=1S/C18H18F3N3O3/c1-10-4-3-5-12(6-10)8-13(16(26)27)9-22-15(25)14-7-11(2)23-17(24-14)18(19,20)21/h3-7,13H,8-9H2,1-2H3,(H,22,25)(H,26,27). The molecule has 0 aliphatic rings. The van der Waals surface area contributed by atoms with E-state index in [1.807, 2.05) is 19.1 Å². The number of carbonyl (C=O) groups is 2. The van der Waals surface area contributed by atoms with Crippen molar-refractivity contribution in [1.29, 1.82) is 0 Å². The first-order valence-corrected chi connectivity index (χ1v) is 8.05. The normalized spacial score (nSPS) is 12.5. The zero-order valence-electron chi connectivity index (χ0n) is 14.7. The molecule has 0 saturated heterocycles. The van der Waals surface area contributed by atoms with Crippen LogP contribution in [0.25, 0.3) is 0 Å². The third kappa shape index (κ3) is 5.77. The Morgan fingerprint density at radius 2 is 1.89 bits per heavy atom. The largest absolute Gasteiger partial charge is 0.481 e. The fourth-order valence-electron chi connectivity index (χ4n) is 2.49. The zero-order chi connectivity index (χ0) is 20.2. The Kier molecular flexibility index (Phi) is 6.14. The average Bonchev–Trinajstić information content (AvgIpc) is 2.56. The van der Waals surface area contributed by atoms with E-state index in [2.05, 4.69) is 15.3 Å². The van der Waals surface area contributed by atoms with Crippen molar-refractivity contribution in [1.82, 2.24) is 15.3 Å². The summed E-state index contributed by atoms with van der Waals surface area (Å²) in [6, 6.07) is 8.39. The van der Waals surface area contributed by atoms with Crippen LogP contribution in [-0.4, -0.2) is 33.5 Å². The number of alkyl halides is 3. The van der Waals surface area contributed by atoms with Gasteiger partial charge in [-0.3, -0.25) is 9.59 Å². The maximum atomic E-state index is 12.8. The van der Waals surface area contributed by atoms with Crippen LogP contribution < -0.4 is 5.32 Å².